The zero-order valence-electron chi connectivity index (χ0n) is 13.0. The van der Waals surface area contributed by atoms with Gasteiger partial charge in [-0.3, -0.25) is 0 Å². The molecule has 2 aliphatic rings. The third kappa shape index (κ3) is 2.71. The predicted octanol–water partition coefficient (Wildman–Crippen LogP) is 5.21. The number of anilines is 1. The minimum absolute atomic E-state index is 0.373. The zero-order chi connectivity index (χ0) is 15.1. The lowest BCUT2D eigenvalue weighted by molar-refractivity contribution is 0.462. The second-order valence-corrected chi connectivity index (χ2v) is 8.27. The number of aromatic nitrogens is 2. The van der Waals surface area contributed by atoms with Gasteiger partial charge in [-0.05, 0) is 55.2 Å². The van der Waals surface area contributed by atoms with E-state index in [0.717, 1.165) is 23.0 Å². The van der Waals surface area contributed by atoms with Gasteiger partial charge in [-0.2, -0.15) is 0 Å². The first-order valence-corrected chi connectivity index (χ1v) is 9.64. The summed E-state index contributed by atoms with van der Waals surface area (Å²) in [7, 11) is 0. The Labute approximate surface area is 140 Å². The van der Waals surface area contributed by atoms with Gasteiger partial charge >= 0.3 is 0 Å². The Hall–Kier alpha value is -0.870. The fourth-order valence-corrected chi connectivity index (χ4v) is 5.46. The summed E-state index contributed by atoms with van der Waals surface area (Å²) in [5.41, 5.74) is 1.48. The molecule has 0 aliphatic heterocycles. The zero-order valence-corrected chi connectivity index (χ0v) is 14.6. The lowest BCUT2D eigenvalue weighted by Gasteiger charge is -2.24. The molecule has 2 heterocycles. The summed E-state index contributed by atoms with van der Waals surface area (Å²) in [5.74, 6) is 1.76. The molecule has 1 saturated carbocycles. The van der Waals surface area contributed by atoms with E-state index in [9.17, 15) is 0 Å². The van der Waals surface area contributed by atoms with E-state index < -0.39 is 0 Å². The molecule has 3 nitrogen and oxygen atoms in total. The molecular weight excluding hydrogens is 314 g/mol. The van der Waals surface area contributed by atoms with Crippen molar-refractivity contribution in [2.24, 2.45) is 5.92 Å². The van der Waals surface area contributed by atoms with Crippen LogP contribution in [0.15, 0.2) is 0 Å². The molecule has 0 bridgehead atoms. The first-order chi connectivity index (χ1) is 10.7. The predicted molar refractivity (Wildman–Crippen MR) is 94.1 cm³/mol. The highest BCUT2D eigenvalue weighted by atomic mass is 35.5. The van der Waals surface area contributed by atoms with Crippen LogP contribution in [-0.2, 0) is 12.8 Å². The maximum absolute atomic E-state index is 6.18. The molecule has 1 atom stereocenters. The molecule has 0 saturated heterocycles. The molecule has 4 rings (SSSR count). The van der Waals surface area contributed by atoms with Crippen LogP contribution in [0, 0.1) is 5.92 Å². The summed E-state index contributed by atoms with van der Waals surface area (Å²) in [6.07, 6.45) is 10.1. The number of nitrogens with zero attached hydrogens (tertiary/aromatic N) is 2. The van der Waals surface area contributed by atoms with Crippen molar-refractivity contribution in [2.45, 2.75) is 64.3 Å². The number of thiophene rings is 1. The van der Waals surface area contributed by atoms with Gasteiger partial charge in [0.15, 0.2) is 0 Å². The minimum atomic E-state index is 0.373. The third-order valence-electron chi connectivity index (χ3n) is 5.07. The van der Waals surface area contributed by atoms with Gasteiger partial charge in [0.2, 0.25) is 5.28 Å². The van der Waals surface area contributed by atoms with Crippen LogP contribution in [0.3, 0.4) is 0 Å². The fraction of sp³-hybridized carbons (Fsp3) is 0.647. The highest BCUT2D eigenvalue weighted by molar-refractivity contribution is 7.19. The van der Waals surface area contributed by atoms with Crippen molar-refractivity contribution in [2.75, 3.05) is 5.32 Å². The Balaban J connectivity index is 1.76. The summed E-state index contributed by atoms with van der Waals surface area (Å²) in [6.45, 7) is 2.34. The molecule has 2 aliphatic carbocycles. The average molecular weight is 336 g/mol. The highest BCUT2D eigenvalue weighted by Gasteiger charge is 2.25. The van der Waals surface area contributed by atoms with Crippen molar-refractivity contribution in [3.8, 4) is 0 Å². The van der Waals surface area contributed by atoms with Gasteiger partial charge in [0.05, 0.1) is 5.39 Å². The lowest BCUT2D eigenvalue weighted by atomic mass is 9.89. The van der Waals surface area contributed by atoms with Gasteiger partial charge in [0.25, 0.3) is 0 Å². The number of hydrogen-bond donors (Lipinski definition) is 1. The number of aryl methyl sites for hydroxylation is 1. The van der Waals surface area contributed by atoms with E-state index in [2.05, 4.69) is 22.2 Å². The first kappa shape index (κ1) is 14.7. The first-order valence-electron chi connectivity index (χ1n) is 8.45. The van der Waals surface area contributed by atoms with Gasteiger partial charge in [-0.15, -0.1) is 11.3 Å². The van der Waals surface area contributed by atoms with Gasteiger partial charge < -0.3 is 5.32 Å². The van der Waals surface area contributed by atoms with Crippen LogP contribution in [0.5, 0.6) is 0 Å². The molecule has 0 aromatic carbocycles. The average Bonchev–Trinajstić information content (AvgIpc) is 2.85. The fourth-order valence-electron chi connectivity index (χ4n) is 3.86. The lowest BCUT2D eigenvalue weighted by Crippen LogP contribution is -2.23. The Kier molecular flexibility index (Phi) is 3.99. The van der Waals surface area contributed by atoms with Crippen LogP contribution in [0.1, 0.15) is 55.9 Å². The Morgan fingerprint density at radius 1 is 1.14 bits per heavy atom. The molecule has 2 aromatic rings. The Bertz CT molecular complexity index is 691. The second-order valence-electron chi connectivity index (χ2n) is 6.85. The van der Waals surface area contributed by atoms with Crippen LogP contribution in [0.2, 0.25) is 5.28 Å². The Morgan fingerprint density at radius 2 is 1.95 bits per heavy atom. The van der Waals surface area contributed by atoms with Crippen molar-refractivity contribution in [3.63, 3.8) is 0 Å². The second kappa shape index (κ2) is 5.97. The third-order valence-corrected chi connectivity index (χ3v) is 6.39. The van der Waals surface area contributed by atoms with E-state index in [1.807, 2.05) is 11.3 Å². The minimum Gasteiger partial charge on any atom is -0.367 e. The van der Waals surface area contributed by atoms with Crippen molar-refractivity contribution < 1.29 is 0 Å². The quantitative estimate of drug-likeness (QED) is 0.765. The molecule has 1 N–H and O–H groups in total. The summed E-state index contributed by atoms with van der Waals surface area (Å²) >= 11 is 8.00. The van der Waals surface area contributed by atoms with Gasteiger partial charge in [0, 0.05) is 10.9 Å². The summed E-state index contributed by atoms with van der Waals surface area (Å²) in [4.78, 5) is 11.6. The van der Waals surface area contributed by atoms with Crippen LogP contribution in [-0.4, -0.2) is 16.0 Å². The number of fused-ring (bicyclic) bond motifs is 3. The SMILES string of the molecule is CC1CCc2c(sc3nc(Cl)nc(NC4CCCCC4)c23)C1. The van der Waals surface area contributed by atoms with E-state index in [-0.39, 0.29) is 0 Å². The summed E-state index contributed by atoms with van der Waals surface area (Å²) < 4.78 is 0. The van der Waals surface area contributed by atoms with Crippen LogP contribution in [0.25, 0.3) is 10.2 Å². The molecule has 5 heteroatoms. The monoisotopic (exact) mass is 335 g/mol. The molecule has 0 spiro atoms. The van der Waals surface area contributed by atoms with Crippen LogP contribution in [0.4, 0.5) is 5.82 Å². The number of hydrogen-bond acceptors (Lipinski definition) is 4. The summed E-state index contributed by atoms with van der Waals surface area (Å²) in [6, 6.07) is 0.543. The smallest absolute Gasteiger partial charge is 0.225 e. The molecule has 118 valence electrons. The Morgan fingerprint density at radius 3 is 2.77 bits per heavy atom. The van der Waals surface area contributed by atoms with E-state index >= 15 is 0 Å². The van der Waals surface area contributed by atoms with E-state index in [4.69, 9.17) is 11.6 Å². The number of rotatable bonds is 2. The number of halogens is 1. The molecule has 1 fully saturated rings. The van der Waals surface area contributed by atoms with Crippen molar-refractivity contribution >= 4 is 39.0 Å². The van der Waals surface area contributed by atoms with Crippen molar-refractivity contribution in [1.82, 2.24) is 9.97 Å². The van der Waals surface area contributed by atoms with Gasteiger partial charge in [-0.1, -0.05) is 26.2 Å². The standard InChI is InChI=1S/C17H22ClN3S/c1-10-7-8-12-13(9-10)22-16-14(12)15(20-17(18)21-16)19-11-5-3-2-4-6-11/h10-11H,2-9H2,1H3,(H,19,20,21). The molecule has 2 aromatic heterocycles. The molecule has 22 heavy (non-hydrogen) atoms. The molecular formula is C17H22ClN3S. The van der Waals surface area contributed by atoms with Crippen LogP contribution < -0.4 is 5.32 Å². The summed E-state index contributed by atoms with van der Waals surface area (Å²) in [5, 5.41) is 5.31. The highest BCUT2D eigenvalue weighted by Crippen LogP contribution is 2.41. The topological polar surface area (TPSA) is 37.8 Å². The largest absolute Gasteiger partial charge is 0.367 e. The normalized spacial score (nSPS) is 22.7. The van der Waals surface area contributed by atoms with E-state index in [1.54, 1.807) is 0 Å². The van der Waals surface area contributed by atoms with Gasteiger partial charge in [0.1, 0.15) is 10.6 Å². The van der Waals surface area contributed by atoms with Crippen molar-refractivity contribution in [3.05, 3.63) is 15.7 Å². The molecule has 0 radical (unpaired) electrons. The van der Waals surface area contributed by atoms with E-state index in [0.29, 0.717) is 11.3 Å². The maximum Gasteiger partial charge on any atom is 0.225 e. The molecule has 0 amide bonds. The van der Waals surface area contributed by atoms with E-state index in [1.165, 1.54) is 60.8 Å². The maximum atomic E-state index is 6.18. The van der Waals surface area contributed by atoms with Gasteiger partial charge in [-0.25, -0.2) is 9.97 Å². The number of nitrogens with one attached hydrogen (secondary N) is 1. The van der Waals surface area contributed by atoms with Crippen LogP contribution >= 0.6 is 22.9 Å². The van der Waals surface area contributed by atoms with Crippen molar-refractivity contribution in [1.29, 1.82) is 0 Å². The molecule has 1 unspecified atom stereocenters.